The van der Waals surface area contributed by atoms with Crippen molar-refractivity contribution >= 4 is 28.5 Å². The molecule has 1 aromatic carbocycles. The number of hydrogen-bond donors (Lipinski definition) is 3. The molecule has 0 aliphatic rings. The average molecular weight is 284 g/mol. The number of hydrogen-bond acceptors (Lipinski definition) is 3. The Morgan fingerprint density at radius 2 is 2.19 bits per heavy atom. The summed E-state index contributed by atoms with van der Waals surface area (Å²) < 4.78 is 1.24. The Bertz CT molecular complexity index is 818. The van der Waals surface area contributed by atoms with Crippen LogP contribution in [0, 0.1) is 0 Å². The van der Waals surface area contributed by atoms with E-state index in [4.69, 9.17) is 5.11 Å². The van der Waals surface area contributed by atoms with Crippen LogP contribution in [0.4, 0.5) is 5.69 Å². The first-order valence-corrected chi connectivity index (χ1v) is 6.25. The van der Waals surface area contributed by atoms with E-state index in [2.05, 4.69) is 15.4 Å². The molecule has 3 N–H and O–H groups in total. The molecular formula is C14H12N4O3. The van der Waals surface area contributed by atoms with Crippen LogP contribution in [0.25, 0.3) is 10.9 Å². The molecule has 0 aliphatic heterocycles. The fraction of sp³-hybridized carbons (Fsp3) is 0.0714. The van der Waals surface area contributed by atoms with Crippen molar-refractivity contribution in [3.8, 4) is 0 Å². The van der Waals surface area contributed by atoms with Crippen molar-refractivity contribution in [2.45, 2.75) is 6.54 Å². The van der Waals surface area contributed by atoms with Gasteiger partial charge in [-0.3, -0.25) is 14.3 Å². The number of anilines is 1. The van der Waals surface area contributed by atoms with E-state index >= 15 is 0 Å². The lowest BCUT2D eigenvalue weighted by molar-refractivity contribution is -0.137. The van der Waals surface area contributed by atoms with Crippen LogP contribution in [0.3, 0.4) is 0 Å². The summed E-state index contributed by atoms with van der Waals surface area (Å²) in [6, 6.07) is 7.32. The molecule has 21 heavy (non-hydrogen) atoms. The van der Waals surface area contributed by atoms with Crippen molar-refractivity contribution in [3.05, 3.63) is 48.4 Å². The largest absolute Gasteiger partial charge is 0.480 e. The second-order valence-electron chi connectivity index (χ2n) is 4.52. The number of carbonyl (C=O) groups is 2. The lowest BCUT2D eigenvalue weighted by atomic mass is 10.1. The van der Waals surface area contributed by atoms with Gasteiger partial charge in [-0.2, -0.15) is 5.10 Å². The van der Waals surface area contributed by atoms with Gasteiger partial charge in [-0.15, -0.1) is 0 Å². The Hall–Kier alpha value is -3.09. The number of carboxylic acid groups (broad SMARTS) is 1. The standard InChI is InChI=1S/C14H12N4O3/c19-12(20)8-18-7-10(6-16-18)17-14(21)11-3-1-2-9-4-5-15-13(9)11/h1-7,15H,8H2,(H,17,21)(H,19,20). The van der Waals surface area contributed by atoms with Crippen molar-refractivity contribution in [2.24, 2.45) is 0 Å². The summed E-state index contributed by atoms with van der Waals surface area (Å²) in [5, 5.41) is 16.2. The third kappa shape index (κ3) is 2.62. The lowest BCUT2D eigenvalue weighted by Crippen LogP contribution is -2.12. The van der Waals surface area contributed by atoms with Crippen molar-refractivity contribution in [2.75, 3.05) is 5.32 Å². The zero-order valence-electron chi connectivity index (χ0n) is 10.9. The summed E-state index contributed by atoms with van der Waals surface area (Å²) in [5.41, 5.74) is 1.72. The zero-order chi connectivity index (χ0) is 14.8. The first-order chi connectivity index (χ1) is 10.1. The Kier molecular flexibility index (Phi) is 3.15. The molecule has 0 fully saturated rings. The average Bonchev–Trinajstić information content (AvgIpc) is 3.06. The van der Waals surface area contributed by atoms with Crippen LogP contribution in [0.1, 0.15) is 10.4 Å². The highest BCUT2D eigenvalue weighted by atomic mass is 16.4. The van der Waals surface area contributed by atoms with E-state index in [0.717, 1.165) is 10.9 Å². The fourth-order valence-corrected chi connectivity index (χ4v) is 2.13. The second-order valence-corrected chi connectivity index (χ2v) is 4.52. The Morgan fingerprint density at radius 3 is 3.00 bits per heavy atom. The van der Waals surface area contributed by atoms with Gasteiger partial charge < -0.3 is 15.4 Å². The van der Waals surface area contributed by atoms with Crippen LogP contribution in [0.2, 0.25) is 0 Å². The van der Waals surface area contributed by atoms with Crippen molar-refractivity contribution in [1.82, 2.24) is 14.8 Å². The molecule has 0 saturated heterocycles. The van der Waals surface area contributed by atoms with Gasteiger partial charge in [0.25, 0.3) is 5.91 Å². The summed E-state index contributed by atoms with van der Waals surface area (Å²) in [4.78, 5) is 25.9. The molecule has 0 bridgehead atoms. The number of para-hydroxylation sites is 1. The van der Waals surface area contributed by atoms with E-state index < -0.39 is 5.97 Å². The van der Waals surface area contributed by atoms with Crippen LogP contribution in [0.15, 0.2) is 42.9 Å². The maximum absolute atomic E-state index is 12.3. The van der Waals surface area contributed by atoms with E-state index in [1.807, 2.05) is 12.1 Å². The summed E-state index contributed by atoms with van der Waals surface area (Å²) in [6.45, 7) is -0.248. The zero-order valence-corrected chi connectivity index (χ0v) is 10.9. The molecular weight excluding hydrogens is 272 g/mol. The Balaban J connectivity index is 1.81. The topological polar surface area (TPSA) is 100 Å². The summed E-state index contributed by atoms with van der Waals surface area (Å²) >= 11 is 0. The highest BCUT2D eigenvalue weighted by Crippen LogP contribution is 2.18. The maximum Gasteiger partial charge on any atom is 0.325 e. The van der Waals surface area contributed by atoms with E-state index in [0.29, 0.717) is 11.3 Å². The number of nitrogens with zero attached hydrogens (tertiary/aromatic N) is 2. The molecule has 0 spiro atoms. The lowest BCUT2D eigenvalue weighted by Gasteiger charge is -2.03. The van der Waals surface area contributed by atoms with Gasteiger partial charge >= 0.3 is 5.97 Å². The highest BCUT2D eigenvalue weighted by Gasteiger charge is 2.12. The summed E-state index contributed by atoms with van der Waals surface area (Å²) in [7, 11) is 0. The number of aromatic nitrogens is 3. The number of carbonyl (C=O) groups excluding carboxylic acids is 1. The number of amides is 1. The Morgan fingerprint density at radius 1 is 1.33 bits per heavy atom. The van der Waals surface area contributed by atoms with Gasteiger partial charge in [0.15, 0.2) is 0 Å². The van der Waals surface area contributed by atoms with Gasteiger partial charge in [0, 0.05) is 17.8 Å². The van der Waals surface area contributed by atoms with E-state index in [1.165, 1.54) is 17.1 Å². The molecule has 0 atom stereocenters. The number of benzene rings is 1. The number of fused-ring (bicyclic) bond motifs is 1. The first kappa shape index (κ1) is 12.9. The normalized spacial score (nSPS) is 10.7. The molecule has 3 aromatic rings. The molecule has 0 unspecified atom stereocenters. The van der Waals surface area contributed by atoms with Crippen LogP contribution >= 0.6 is 0 Å². The van der Waals surface area contributed by atoms with E-state index in [9.17, 15) is 9.59 Å². The van der Waals surface area contributed by atoms with Gasteiger partial charge in [-0.1, -0.05) is 12.1 Å². The number of aliphatic carboxylic acids is 1. The fourth-order valence-electron chi connectivity index (χ4n) is 2.13. The molecule has 0 saturated carbocycles. The predicted molar refractivity (Wildman–Crippen MR) is 76.1 cm³/mol. The second kappa shape index (κ2) is 5.12. The number of aromatic amines is 1. The van der Waals surface area contributed by atoms with E-state index in [1.54, 1.807) is 18.3 Å². The molecule has 7 heteroatoms. The van der Waals surface area contributed by atoms with Gasteiger partial charge in [0.05, 0.1) is 23.0 Å². The van der Waals surface area contributed by atoms with Crippen LogP contribution < -0.4 is 5.32 Å². The third-order valence-electron chi connectivity index (χ3n) is 3.02. The number of carboxylic acids is 1. The summed E-state index contributed by atoms with van der Waals surface area (Å²) in [6.07, 6.45) is 4.66. The van der Waals surface area contributed by atoms with Crippen LogP contribution in [-0.4, -0.2) is 31.7 Å². The van der Waals surface area contributed by atoms with Gasteiger partial charge in [-0.05, 0) is 12.1 Å². The molecule has 0 radical (unpaired) electrons. The summed E-state index contributed by atoms with van der Waals surface area (Å²) in [5.74, 6) is -1.27. The van der Waals surface area contributed by atoms with Gasteiger partial charge in [0.2, 0.25) is 0 Å². The molecule has 3 rings (SSSR count). The minimum Gasteiger partial charge on any atom is -0.480 e. The highest BCUT2D eigenvalue weighted by molar-refractivity contribution is 6.11. The molecule has 106 valence electrons. The molecule has 2 aromatic heterocycles. The molecule has 1 amide bonds. The predicted octanol–water partition coefficient (Wildman–Crippen LogP) is 1.70. The van der Waals surface area contributed by atoms with Crippen LogP contribution in [-0.2, 0) is 11.3 Å². The Labute approximate surface area is 119 Å². The minimum absolute atomic E-state index is 0.248. The first-order valence-electron chi connectivity index (χ1n) is 6.25. The van der Waals surface area contributed by atoms with E-state index in [-0.39, 0.29) is 12.5 Å². The quantitative estimate of drug-likeness (QED) is 0.678. The third-order valence-corrected chi connectivity index (χ3v) is 3.02. The number of H-pyrrole nitrogens is 1. The monoisotopic (exact) mass is 284 g/mol. The molecule has 7 nitrogen and oxygen atoms in total. The van der Waals surface area contributed by atoms with Crippen LogP contribution in [0.5, 0.6) is 0 Å². The van der Waals surface area contributed by atoms with Crippen molar-refractivity contribution in [1.29, 1.82) is 0 Å². The maximum atomic E-state index is 12.3. The number of nitrogens with one attached hydrogen (secondary N) is 2. The SMILES string of the molecule is O=C(O)Cn1cc(NC(=O)c2cccc3cc[nH]c23)cn1. The molecule has 0 aliphatic carbocycles. The van der Waals surface area contributed by atoms with Crippen molar-refractivity contribution in [3.63, 3.8) is 0 Å². The van der Waals surface area contributed by atoms with Crippen molar-refractivity contribution < 1.29 is 14.7 Å². The minimum atomic E-state index is -0.993. The smallest absolute Gasteiger partial charge is 0.325 e. The molecule has 2 heterocycles. The van der Waals surface area contributed by atoms with Gasteiger partial charge in [-0.25, -0.2) is 0 Å². The number of rotatable bonds is 4. The van der Waals surface area contributed by atoms with Gasteiger partial charge in [0.1, 0.15) is 6.54 Å².